The summed E-state index contributed by atoms with van der Waals surface area (Å²) in [5.74, 6) is 1.01. The van der Waals surface area contributed by atoms with Crippen molar-refractivity contribution in [1.29, 1.82) is 0 Å². The van der Waals surface area contributed by atoms with Gasteiger partial charge in [-0.15, -0.1) is 0 Å². The molecule has 0 saturated heterocycles. The van der Waals surface area contributed by atoms with Crippen LogP contribution < -0.4 is 0 Å². The molecule has 0 aliphatic heterocycles. The fraction of sp³-hybridized carbons (Fsp3) is 0.923. The number of hydrogen-bond donors (Lipinski definition) is 1. The Hall–Kier alpha value is -0.530. The van der Waals surface area contributed by atoms with Gasteiger partial charge in [0.2, 0.25) is 0 Å². The smallest absolute Gasteiger partial charge is 0.303 e. The second kappa shape index (κ2) is 4.15. The van der Waals surface area contributed by atoms with Crippen molar-refractivity contribution in [3.63, 3.8) is 0 Å². The first-order valence-electron chi connectivity index (χ1n) is 6.31. The van der Waals surface area contributed by atoms with E-state index in [0.29, 0.717) is 11.8 Å². The normalized spacial score (nSPS) is 40.1. The van der Waals surface area contributed by atoms with E-state index in [4.69, 9.17) is 5.11 Å². The molecule has 2 heteroatoms. The lowest BCUT2D eigenvalue weighted by atomic mass is 9.54. The Labute approximate surface area is 92.1 Å². The molecule has 0 heterocycles. The van der Waals surface area contributed by atoms with Crippen LogP contribution in [0.1, 0.15) is 58.3 Å². The molecule has 0 amide bonds. The molecule has 1 spiro atoms. The number of rotatable bonds is 3. The predicted molar refractivity (Wildman–Crippen MR) is 59.7 cm³/mol. The fourth-order valence-corrected chi connectivity index (χ4v) is 3.48. The Morgan fingerprint density at radius 1 is 1.33 bits per heavy atom. The molecule has 0 aromatic heterocycles. The first kappa shape index (κ1) is 11.0. The van der Waals surface area contributed by atoms with Crippen molar-refractivity contribution in [2.45, 2.75) is 58.3 Å². The Balaban J connectivity index is 1.70. The van der Waals surface area contributed by atoms with Gasteiger partial charge < -0.3 is 5.11 Å². The van der Waals surface area contributed by atoms with Crippen molar-refractivity contribution in [3.05, 3.63) is 0 Å². The molecule has 2 aliphatic rings. The van der Waals surface area contributed by atoms with Gasteiger partial charge in [0.15, 0.2) is 0 Å². The third kappa shape index (κ3) is 2.53. The van der Waals surface area contributed by atoms with Crippen molar-refractivity contribution >= 4 is 5.97 Å². The maximum atomic E-state index is 10.5. The van der Waals surface area contributed by atoms with Crippen LogP contribution in [-0.4, -0.2) is 11.1 Å². The Kier molecular flexibility index (Phi) is 3.03. The van der Waals surface area contributed by atoms with E-state index in [-0.39, 0.29) is 0 Å². The van der Waals surface area contributed by atoms with Gasteiger partial charge in [0.05, 0.1) is 0 Å². The molecule has 0 atom stereocenters. The first-order valence-corrected chi connectivity index (χ1v) is 6.31. The topological polar surface area (TPSA) is 37.3 Å². The number of carbonyl (C=O) groups is 1. The van der Waals surface area contributed by atoms with Crippen LogP contribution >= 0.6 is 0 Å². The highest BCUT2D eigenvalue weighted by molar-refractivity contribution is 5.66. The van der Waals surface area contributed by atoms with E-state index in [2.05, 4.69) is 6.92 Å². The molecule has 0 bridgehead atoms. The van der Waals surface area contributed by atoms with Gasteiger partial charge >= 0.3 is 5.97 Å². The lowest BCUT2D eigenvalue weighted by Gasteiger charge is -2.51. The Morgan fingerprint density at radius 2 is 1.93 bits per heavy atom. The average Bonchev–Trinajstić information content (AvgIpc) is 2.14. The van der Waals surface area contributed by atoms with Crippen LogP contribution in [0.15, 0.2) is 0 Å². The van der Waals surface area contributed by atoms with Crippen molar-refractivity contribution in [3.8, 4) is 0 Å². The molecule has 2 aliphatic carbocycles. The number of hydrogen-bond acceptors (Lipinski definition) is 1. The van der Waals surface area contributed by atoms with E-state index < -0.39 is 5.97 Å². The largest absolute Gasteiger partial charge is 0.481 e. The van der Waals surface area contributed by atoms with Gasteiger partial charge in [-0.2, -0.15) is 0 Å². The highest BCUT2D eigenvalue weighted by Crippen LogP contribution is 2.56. The average molecular weight is 210 g/mol. The summed E-state index contributed by atoms with van der Waals surface area (Å²) in [7, 11) is 0. The Morgan fingerprint density at radius 3 is 2.47 bits per heavy atom. The van der Waals surface area contributed by atoms with Gasteiger partial charge in [-0.1, -0.05) is 19.8 Å². The second-order valence-electron chi connectivity index (χ2n) is 5.89. The first-order chi connectivity index (χ1) is 7.10. The minimum atomic E-state index is -0.631. The zero-order chi connectivity index (χ0) is 10.9. The van der Waals surface area contributed by atoms with E-state index in [1.807, 2.05) is 0 Å². The third-order valence-corrected chi connectivity index (χ3v) is 4.54. The van der Waals surface area contributed by atoms with Gasteiger partial charge in [0.25, 0.3) is 0 Å². The number of aliphatic carboxylic acids is 1. The molecule has 2 saturated carbocycles. The maximum Gasteiger partial charge on any atom is 0.303 e. The van der Waals surface area contributed by atoms with Crippen LogP contribution in [0.25, 0.3) is 0 Å². The Bertz CT molecular complexity index is 231. The molecule has 0 aromatic carbocycles. The fourth-order valence-electron chi connectivity index (χ4n) is 3.48. The second-order valence-corrected chi connectivity index (χ2v) is 5.89. The van der Waals surface area contributed by atoms with Crippen LogP contribution in [0.4, 0.5) is 0 Å². The van der Waals surface area contributed by atoms with Gasteiger partial charge in [-0.05, 0) is 49.4 Å². The molecule has 0 unspecified atom stereocenters. The van der Waals surface area contributed by atoms with Crippen LogP contribution in [0.3, 0.4) is 0 Å². The number of carboxylic acids is 1. The molecule has 2 rings (SSSR count). The lowest BCUT2D eigenvalue weighted by Crippen LogP contribution is -2.40. The maximum absolute atomic E-state index is 10.5. The molecule has 0 aromatic rings. The minimum absolute atomic E-state index is 0.372. The summed E-state index contributed by atoms with van der Waals surface area (Å²) in [6.45, 7) is 2.35. The van der Waals surface area contributed by atoms with Crippen molar-refractivity contribution in [2.24, 2.45) is 17.3 Å². The van der Waals surface area contributed by atoms with Crippen molar-refractivity contribution < 1.29 is 9.90 Å². The van der Waals surface area contributed by atoms with Gasteiger partial charge in [-0.25, -0.2) is 0 Å². The van der Waals surface area contributed by atoms with E-state index >= 15 is 0 Å². The molecule has 86 valence electrons. The van der Waals surface area contributed by atoms with E-state index in [1.54, 1.807) is 0 Å². The summed E-state index contributed by atoms with van der Waals surface area (Å²) >= 11 is 0. The van der Waals surface area contributed by atoms with Crippen LogP contribution in [0, 0.1) is 17.3 Å². The van der Waals surface area contributed by atoms with Gasteiger partial charge in [0.1, 0.15) is 0 Å². The summed E-state index contributed by atoms with van der Waals surface area (Å²) in [5.41, 5.74) is 0.648. The highest BCUT2D eigenvalue weighted by Gasteiger charge is 2.44. The quantitative estimate of drug-likeness (QED) is 0.774. The zero-order valence-electron chi connectivity index (χ0n) is 9.67. The molecule has 2 nitrogen and oxygen atoms in total. The predicted octanol–water partition coefficient (Wildman–Crippen LogP) is 3.46. The molecular weight excluding hydrogens is 188 g/mol. The monoisotopic (exact) mass is 210 g/mol. The zero-order valence-corrected chi connectivity index (χ0v) is 9.67. The van der Waals surface area contributed by atoms with Crippen LogP contribution in [-0.2, 0) is 4.79 Å². The van der Waals surface area contributed by atoms with Crippen LogP contribution in [0.2, 0.25) is 0 Å². The summed E-state index contributed by atoms with van der Waals surface area (Å²) in [4.78, 5) is 10.5. The standard InChI is InChI=1S/C13H22O2/c1-10-4-6-13(7-5-10)8-11(9-13)2-3-12(14)15/h10-11H,2-9H2,1H3,(H,14,15). The van der Waals surface area contributed by atoms with E-state index in [0.717, 1.165) is 18.3 Å². The molecular formula is C13H22O2. The molecule has 15 heavy (non-hydrogen) atoms. The third-order valence-electron chi connectivity index (χ3n) is 4.54. The highest BCUT2D eigenvalue weighted by atomic mass is 16.4. The molecule has 1 N–H and O–H groups in total. The summed E-state index contributed by atoms with van der Waals surface area (Å²) < 4.78 is 0. The van der Waals surface area contributed by atoms with Gasteiger partial charge in [0, 0.05) is 6.42 Å². The summed E-state index contributed by atoms with van der Waals surface area (Å²) in [6.07, 6.45) is 9.50. The van der Waals surface area contributed by atoms with Crippen LogP contribution in [0.5, 0.6) is 0 Å². The molecule has 0 radical (unpaired) electrons. The molecule has 2 fully saturated rings. The summed E-state index contributed by atoms with van der Waals surface area (Å²) in [5, 5.41) is 8.62. The SMILES string of the molecule is CC1CCC2(CC1)CC(CCC(=O)O)C2. The minimum Gasteiger partial charge on any atom is -0.481 e. The van der Waals surface area contributed by atoms with E-state index in [9.17, 15) is 4.79 Å². The summed E-state index contributed by atoms with van der Waals surface area (Å²) in [6, 6.07) is 0. The van der Waals surface area contributed by atoms with Gasteiger partial charge in [-0.3, -0.25) is 4.79 Å². The van der Waals surface area contributed by atoms with E-state index in [1.165, 1.54) is 38.5 Å². The van der Waals surface area contributed by atoms with Crippen molar-refractivity contribution in [1.82, 2.24) is 0 Å². The van der Waals surface area contributed by atoms with Crippen molar-refractivity contribution in [2.75, 3.05) is 0 Å². The lowest BCUT2D eigenvalue weighted by molar-refractivity contribution is -0.138. The number of carboxylic acid groups (broad SMARTS) is 1.